The number of urea groups is 1. The number of nitrogen functional groups attached to an aromatic ring is 1. The molecule has 0 unspecified atom stereocenters. The first kappa shape index (κ1) is 28.3. The van der Waals surface area contributed by atoms with Gasteiger partial charge >= 0.3 is 6.03 Å². The molecule has 0 atom stereocenters. The van der Waals surface area contributed by atoms with Crippen molar-refractivity contribution in [2.75, 3.05) is 23.7 Å². The zero-order valence-electron chi connectivity index (χ0n) is 24.7. The molecule has 11 nitrogen and oxygen atoms in total. The maximum Gasteiger partial charge on any atom is 0.328 e. The standard InChI is InChI=1S/C33H31FN8O3/c1-18-13-20-15-25(39-24(20)16-27(18)41-31(36)33(40-32(41)44)9-11-37-12-10-33)29(43)22-17-38-42(30(22)35)26-8-7-21(14-19(26)2)45-28-6-4-3-5-23(28)34/h3-8,13-17,36-37,39H,9-12,35H2,1-2H3,(H,40,44). The van der Waals surface area contributed by atoms with Crippen molar-refractivity contribution in [3.63, 3.8) is 0 Å². The molecule has 2 aromatic heterocycles. The molecule has 12 heteroatoms. The number of ketones is 1. The molecule has 2 saturated heterocycles. The Morgan fingerprint density at radius 2 is 1.80 bits per heavy atom. The van der Waals surface area contributed by atoms with E-state index >= 15 is 0 Å². The number of aromatic nitrogens is 3. The van der Waals surface area contributed by atoms with E-state index in [4.69, 9.17) is 15.9 Å². The van der Waals surface area contributed by atoms with Crippen molar-refractivity contribution in [3.05, 3.63) is 95.1 Å². The number of hydrogen-bond acceptors (Lipinski definition) is 7. The van der Waals surface area contributed by atoms with Crippen molar-refractivity contribution in [3.8, 4) is 17.2 Å². The maximum absolute atomic E-state index is 14.1. The Kier molecular flexibility index (Phi) is 6.66. The van der Waals surface area contributed by atoms with Crippen LogP contribution in [0.15, 0.2) is 66.9 Å². The number of nitrogens with one attached hydrogen (secondary N) is 4. The summed E-state index contributed by atoms with van der Waals surface area (Å²) in [5, 5.41) is 20.4. The summed E-state index contributed by atoms with van der Waals surface area (Å²) in [6.45, 7) is 5.18. The van der Waals surface area contributed by atoms with Gasteiger partial charge in [0.2, 0.25) is 5.78 Å². The Labute approximate surface area is 257 Å². The molecule has 0 radical (unpaired) electrons. The van der Waals surface area contributed by atoms with E-state index in [0.29, 0.717) is 41.2 Å². The van der Waals surface area contributed by atoms with E-state index < -0.39 is 11.4 Å². The van der Waals surface area contributed by atoms with Crippen LogP contribution in [0.2, 0.25) is 0 Å². The molecule has 7 rings (SSSR count). The van der Waals surface area contributed by atoms with Gasteiger partial charge in [0.05, 0.1) is 28.8 Å². The van der Waals surface area contributed by atoms with Crippen molar-refractivity contribution in [2.45, 2.75) is 32.2 Å². The van der Waals surface area contributed by atoms with Crippen molar-refractivity contribution in [1.29, 1.82) is 5.41 Å². The third kappa shape index (κ3) is 4.70. The van der Waals surface area contributed by atoms with E-state index in [1.165, 1.54) is 21.8 Å². The lowest BCUT2D eigenvalue weighted by Crippen LogP contribution is -2.53. The fourth-order valence-corrected chi connectivity index (χ4v) is 6.18. The molecule has 5 aromatic rings. The SMILES string of the molecule is Cc1cc2cc(C(=O)c3cnn(-c4ccc(Oc5ccccc5F)cc4C)c3N)[nH]c2cc1N1C(=N)C2(CCNCC2)NC1=O. The zero-order chi connectivity index (χ0) is 31.5. The number of anilines is 2. The minimum absolute atomic E-state index is 0.115. The first-order valence-corrected chi connectivity index (χ1v) is 14.6. The van der Waals surface area contributed by atoms with Gasteiger partial charge in [-0.1, -0.05) is 12.1 Å². The molecular formula is C33H31FN8O3. The number of amides is 2. The van der Waals surface area contributed by atoms with Crippen molar-refractivity contribution >= 4 is 40.1 Å². The average molecular weight is 607 g/mol. The van der Waals surface area contributed by atoms with Gasteiger partial charge in [0.1, 0.15) is 22.9 Å². The number of carbonyl (C=O) groups is 2. The highest BCUT2D eigenvalue weighted by Crippen LogP contribution is 2.35. The second-order valence-corrected chi connectivity index (χ2v) is 11.5. The molecule has 3 aromatic carbocycles. The van der Waals surface area contributed by atoms with Crippen LogP contribution in [0.3, 0.4) is 0 Å². The van der Waals surface area contributed by atoms with Crippen LogP contribution in [0.4, 0.5) is 20.7 Å². The monoisotopic (exact) mass is 606 g/mol. The predicted molar refractivity (Wildman–Crippen MR) is 169 cm³/mol. The first-order chi connectivity index (χ1) is 21.6. The molecule has 0 bridgehead atoms. The highest BCUT2D eigenvalue weighted by atomic mass is 19.1. The molecule has 0 aliphatic carbocycles. The number of benzene rings is 3. The topological polar surface area (TPSA) is 154 Å². The number of amidine groups is 1. The summed E-state index contributed by atoms with van der Waals surface area (Å²) in [7, 11) is 0. The fourth-order valence-electron chi connectivity index (χ4n) is 6.18. The number of H-pyrrole nitrogens is 1. The summed E-state index contributed by atoms with van der Waals surface area (Å²) in [6, 6.07) is 16.5. The summed E-state index contributed by atoms with van der Waals surface area (Å²) in [6.07, 6.45) is 2.73. The third-order valence-electron chi connectivity index (χ3n) is 8.62. The normalized spacial score (nSPS) is 16.0. The number of halogens is 1. The van der Waals surface area contributed by atoms with E-state index in [1.807, 2.05) is 19.9 Å². The van der Waals surface area contributed by atoms with Crippen LogP contribution in [0.25, 0.3) is 16.6 Å². The molecular weight excluding hydrogens is 575 g/mol. The van der Waals surface area contributed by atoms with E-state index in [0.717, 1.165) is 29.6 Å². The fraction of sp³-hybridized carbons (Fsp3) is 0.212. The van der Waals surface area contributed by atoms with Gasteiger partial charge in [-0.2, -0.15) is 5.10 Å². The summed E-state index contributed by atoms with van der Waals surface area (Å²) >= 11 is 0. The number of nitrogens with two attached hydrogens (primary N) is 1. The number of para-hydroxylation sites is 1. The number of rotatable bonds is 6. The van der Waals surface area contributed by atoms with E-state index in [2.05, 4.69) is 20.7 Å². The van der Waals surface area contributed by atoms with Crippen LogP contribution >= 0.6 is 0 Å². The largest absolute Gasteiger partial charge is 0.454 e. The summed E-state index contributed by atoms with van der Waals surface area (Å²) in [4.78, 5) is 31.3. The highest BCUT2D eigenvalue weighted by molar-refractivity contribution is 6.25. The lowest BCUT2D eigenvalue weighted by atomic mass is 9.88. The first-order valence-electron chi connectivity index (χ1n) is 14.6. The second-order valence-electron chi connectivity index (χ2n) is 11.5. The number of ether oxygens (including phenoxy) is 1. The molecule has 1 spiro atoms. The van der Waals surface area contributed by atoms with Gasteiger partial charge in [0, 0.05) is 10.9 Å². The lowest BCUT2D eigenvalue weighted by molar-refractivity contribution is 0.103. The lowest BCUT2D eigenvalue weighted by Gasteiger charge is -2.33. The number of carbonyl (C=O) groups excluding carboxylic acids is 2. The van der Waals surface area contributed by atoms with Gasteiger partial charge in [0.25, 0.3) is 0 Å². The Hall–Kier alpha value is -5.49. The Bertz CT molecular complexity index is 2020. The van der Waals surface area contributed by atoms with E-state index in [1.54, 1.807) is 48.5 Å². The van der Waals surface area contributed by atoms with Crippen LogP contribution in [0.1, 0.15) is 40.0 Å². The third-order valence-corrected chi connectivity index (χ3v) is 8.62. The Morgan fingerprint density at radius 1 is 1.04 bits per heavy atom. The molecule has 228 valence electrons. The van der Waals surface area contributed by atoms with Crippen LogP contribution in [0.5, 0.6) is 11.5 Å². The van der Waals surface area contributed by atoms with Crippen LogP contribution in [0, 0.1) is 25.1 Å². The average Bonchev–Trinajstić information content (AvgIpc) is 3.67. The number of nitrogens with zero attached hydrogens (tertiary/aromatic N) is 3. The van der Waals surface area contributed by atoms with Crippen molar-refractivity contribution < 1.29 is 18.7 Å². The van der Waals surface area contributed by atoms with Gasteiger partial charge in [-0.25, -0.2) is 18.8 Å². The summed E-state index contributed by atoms with van der Waals surface area (Å²) < 4.78 is 21.2. The molecule has 2 fully saturated rings. The molecule has 45 heavy (non-hydrogen) atoms. The van der Waals surface area contributed by atoms with Gasteiger partial charge in [-0.3, -0.25) is 10.2 Å². The molecule has 2 aliphatic heterocycles. The Morgan fingerprint density at radius 3 is 2.56 bits per heavy atom. The van der Waals surface area contributed by atoms with E-state index in [9.17, 15) is 14.0 Å². The minimum atomic E-state index is -0.677. The molecule has 0 saturated carbocycles. The van der Waals surface area contributed by atoms with Gasteiger partial charge in [-0.15, -0.1) is 0 Å². The molecule has 6 N–H and O–H groups in total. The van der Waals surface area contributed by atoms with Gasteiger partial charge in [-0.05, 0) is 99.4 Å². The number of fused-ring (bicyclic) bond motifs is 1. The molecule has 2 amide bonds. The Balaban J connectivity index is 1.15. The predicted octanol–water partition coefficient (Wildman–Crippen LogP) is 5.34. The number of hydrogen-bond donors (Lipinski definition) is 5. The second kappa shape index (κ2) is 10.6. The van der Waals surface area contributed by atoms with Gasteiger partial charge < -0.3 is 26.1 Å². The van der Waals surface area contributed by atoms with Crippen molar-refractivity contribution in [2.24, 2.45) is 0 Å². The zero-order valence-corrected chi connectivity index (χ0v) is 24.7. The molecule has 2 aliphatic rings. The van der Waals surface area contributed by atoms with Crippen molar-refractivity contribution in [1.82, 2.24) is 25.4 Å². The number of aryl methyl sites for hydroxylation is 2. The number of aromatic amines is 1. The maximum atomic E-state index is 14.1. The summed E-state index contributed by atoms with van der Waals surface area (Å²) in [5.74, 6) is 0.158. The van der Waals surface area contributed by atoms with Crippen LogP contribution in [-0.4, -0.2) is 51.0 Å². The van der Waals surface area contributed by atoms with Gasteiger partial charge in [0.15, 0.2) is 11.6 Å². The minimum Gasteiger partial charge on any atom is -0.454 e. The van der Waals surface area contributed by atoms with Crippen LogP contribution in [-0.2, 0) is 0 Å². The van der Waals surface area contributed by atoms with E-state index in [-0.39, 0.29) is 34.8 Å². The van der Waals surface area contributed by atoms with Crippen LogP contribution < -0.4 is 26.0 Å². The molecule has 4 heterocycles. The quantitative estimate of drug-likeness (QED) is 0.164. The highest BCUT2D eigenvalue weighted by Gasteiger charge is 2.49. The smallest absolute Gasteiger partial charge is 0.328 e. The number of piperidine rings is 1. The summed E-state index contributed by atoms with van der Waals surface area (Å²) in [5.41, 5.74) is 9.75.